The van der Waals surface area contributed by atoms with E-state index in [2.05, 4.69) is 20.5 Å². The van der Waals surface area contributed by atoms with Gasteiger partial charge in [0, 0.05) is 40.5 Å². The van der Waals surface area contributed by atoms with E-state index >= 15 is 0 Å². The van der Waals surface area contributed by atoms with Crippen LogP contribution in [0.4, 0.5) is 10.1 Å². The van der Waals surface area contributed by atoms with Gasteiger partial charge in [0.25, 0.3) is 5.91 Å². The van der Waals surface area contributed by atoms with Crippen LogP contribution in [0.5, 0.6) is 0 Å². The quantitative estimate of drug-likeness (QED) is 0.405. The highest BCUT2D eigenvalue weighted by Gasteiger charge is 2.16. The van der Waals surface area contributed by atoms with Gasteiger partial charge in [-0.25, -0.2) is 4.39 Å². The van der Waals surface area contributed by atoms with E-state index in [1.54, 1.807) is 6.20 Å². The predicted octanol–water partition coefficient (Wildman–Crippen LogP) is 5.47. The van der Waals surface area contributed by atoms with Crippen LogP contribution in [0.1, 0.15) is 21.6 Å². The number of fused-ring (bicyclic) bond motifs is 1. The van der Waals surface area contributed by atoms with Crippen LogP contribution in [0.15, 0.2) is 79.1 Å². The topological polar surface area (TPSA) is 72.2 Å². The molecule has 0 radical (unpaired) electrons. The van der Waals surface area contributed by atoms with Crippen LogP contribution in [0.3, 0.4) is 0 Å². The van der Waals surface area contributed by atoms with Crippen molar-refractivity contribution in [3.63, 3.8) is 0 Å². The summed E-state index contributed by atoms with van der Waals surface area (Å²) < 4.78 is 15.1. The van der Waals surface area contributed by atoms with E-state index in [1.165, 1.54) is 24.3 Å². The molecule has 0 fully saturated rings. The maximum absolute atomic E-state index is 13.2. The molecule has 0 aliphatic carbocycles. The molecular weight excluding hydrogens is 417 g/mol. The third-order valence-corrected chi connectivity index (χ3v) is 5.58. The Balaban J connectivity index is 1.55. The molecule has 1 amide bonds. The minimum Gasteiger partial charge on any atom is -0.322 e. The number of halogens is 1. The second-order valence-electron chi connectivity index (χ2n) is 7.77. The second-order valence-corrected chi connectivity index (χ2v) is 7.77. The number of rotatable bonds is 4. The fraction of sp³-hybridized carbons (Fsp3) is 0.0769. The number of carbonyl (C=O) groups is 1. The molecule has 7 heteroatoms. The normalized spacial score (nSPS) is 11.0. The monoisotopic (exact) mass is 437 g/mol. The Morgan fingerprint density at radius 1 is 0.939 bits per heavy atom. The van der Waals surface area contributed by atoms with Gasteiger partial charge in [-0.2, -0.15) is 0 Å². The first-order valence-electron chi connectivity index (χ1n) is 10.4. The molecule has 0 atom stereocenters. The summed E-state index contributed by atoms with van der Waals surface area (Å²) in [7, 11) is 0. The van der Waals surface area contributed by atoms with E-state index in [0.717, 1.165) is 27.9 Å². The summed E-state index contributed by atoms with van der Waals surface area (Å²) in [5, 5.41) is 11.7. The number of aromatic nitrogens is 4. The molecule has 0 spiro atoms. The Hall–Kier alpha value is -4.39. The molecule has 5 rings (SSSR count). The van der Waals surface area contributed by atoms with Gasteiger partial charge in [0.05, 0.1) is 0 Å². The Kier molecular flexibility index (Phi) is 5.14. The minimum atomic E-state index is -0.353. The van der Waals surface area contributed by atoms with E-state index in [-0.39, 0.29) is 11.7 Å². The van der Waals surface area contributed by atoms with Crippen LogP contribution >= 0.6 is 0 Å². The molecule has 0 saturated heterocycles. The van der Waals surface area contributed by atoms with Crippen molar-refractivity contribution in [2.24, 2.45) is 0 Å². The van der Waals surface area contributed by atoms with Crippen LogP contribution in [0, 0.1) is 19.7 Å². The van der Waals surface area contributed by atoms with E-state index in [4.69, 9.17) is 0 Å². The van der Waals surface area contributed by atoms with Gasteiger partial charge < -0.3 is 5.32 Å². The second kappa shape index (κ2) is 8.27. The molecule has 3 heterocycles. The van der Waals surface area contributed by atoms with Crippen molar-refractivity contribution in [3.8, 4) is 22.5 Å². The van der Waals surface area contributed by atoms with E-state index in [0.29, 0.717) is 22.7 Å². The zero-order chi connectivity index (χ0) is 22.9. The van der Waals surface area contributed by atoms with Gasteiger partial charge in [-0.05, 0) is 79.6 Å². The number of benzene rings is 2. The van der Waals surface area contributed by atoms with Crippen molar-refractivity contribution in [1.29, 1.82) is 0 Å². The van der Waals surface area contributed by atoms with Gasteiger partial charge >= 0.3 is 0 Å². The van der Waals surface area contributed by atoms with E-state index in [1.807, 2.05) is 66.9 Å². The number of carbonyl (C=O) groups excluding carboxylic acids is 1. The van der Waals surface area contributed by atoms with Crippen LogP contribution in [-0.2, 0) is 0 Å². The lowest BCUT2D eigenvalue weighted by atomic mass is 9.99. The molecular formula is C26H20FN5O. The lowest BCUT2D eigenvalue weighted by Gasteiger charge is -2.11. The van der Waals surface area contributed by atoms with Gasteiger partial charge in [0.2, 0.25) is 0 Å². The number of amides is 1. The highest BCUT2D eigenvalue weighted by Crippen LogP contribution is 2.29. The fourth-order valence-electron chi connectivity index (χ4n) is 3.81. The maximum atomic E-state index is 13.2. The largest absolute Gasteiger partial charge is 0.322 e. The summed E-state index contributed by atoms with van der Waals surface area (Å²) in [6.45, 7) is 3.82. The van der Waals surface area contributed by atoms with Crippen molar-refractivity contribution >= 4 is 17.2 Å². The minimum absolute atomic E-state index is 0.263. The molecule has 1 N–H and O–H groups in total. The predicted molar refractivity (Wildman–Crippen MR) is 125 cm³/mol. The number of anilines is 1. The molecule has 33 heavy (non-hydrogen) atoms. The van der Waals surface area contributed by atoms with Crippen LogP contribution in [0.25, 0.3) is 28.2 Å². The average Bonchev–Trinajstić information content (AvgIpc) is 3.25. The number of aryl methyl sites for hydroxylation is 2. The van der Waals surface area contributed by atoms with Gasteiger partial charge in [-0.1, -0.05) is 12.1 Å². The smallest absolute Gasteiger partial charge is 0.255 e. The molecule has 5 aromatic rings. The third kappa shape index (κ3) is 3.85. The van der Waals surface area contributed by atoms with Crippen molar-refractivity contribution < 1.29 is 9.18 Å². The number of hydrogen-bond acceptors (Lipinski definition) is 4. The lowest BCUT2D eigenvalue weighted by Crippen LogP contribution is -2.13. The highest BCUT2D eigenvalue weighted by atomic mass is 19.1. The average molecular weight is 437 g/mol. The van der Waals surface area contributed by atoms with Crippen molar-refractivity contribution in [1.82, 2.24) is 19.6 Å². The Bertz CT molecular complexity index is 1490. The molecule has 0 unspecified atom stereocenters. The van der Waals surface area contributed by atoms with Crippen molar-refractivity contribution in [3.05, 3.63) is 102 Å². The highest BCUT2D eigenvalue weighted by molar-refractivity contribution is 6.06. The molecule has 2 aromatic carbocycles. The van der Waals surface area contributed by atoms with Crippen LogP contribution in [-0.4, -0.2) is 25.5 Å². The van der Waals surface area contributed by atoms with Gasteiger partial charge in [-0.3, -0.25) is 14.2 Å². The van der Waals surface area contributed by atoms with E-state index < -0.39 is 0 Å². The van der Waals surface area contributed by atoms with Gasteiger partial charge in [0.1, 0.15) is 5.82 Å². The molecule has 0 aliphatic rings. The number of pyridine rings is 2. The van der Waals surface area contributed by atoms with Crippen LogP contribution < -0.4 is 5.32 Å². The molecule has 0 aliphatic heterocycles. The molecule has 0 saturated carbocycles. The molecule has 0 bridgehead atoms. The Labute approximate surface area is 189 Å². The fourth-order valence-corrected chi connectivity index (χ4v) is 3.81. The molecule has 3 aromatic heterocycles. The summed E-state index contributed by atoms with van der Waals surface area (Å²) in [5.41, 5.74) is 6.05. The number of hydrogen-bond donors (Lipinski definition) is 1. The molecule has 6 nitrogen and oxygen atoms in total. The first-order valence-corrected chi connectivity index (χ1v) is 10.4. The lowest BCUT2D eigenvalue weighted by molar-refractivity contribution is 0.102. The molecule has 162 valence electrons. The number of nitrogens with one attached hydrogen (secondary N) is 1. The summed E-state index contributed by atoms with van der Waals surface area (Å²) in [6, 6.07) is 19.1. The van der Waals surface area contributed by atoms with Crippen molar-refractivity contribution in [2.45, 2.75) is 13.8 Å². The summed E-state index contributed by atoms with van der Waals surface area (Å²) in [4.78, 5) is 17.3. The zero-order valence-electron chi connectivity index (χ0n) is 18.1. The third-order valence-electron chi connectivity index (χ3n) is 5.58. The summed E-state index contributed by atoms with van der Waals surface area (Å²) in [5.74, 6) is 0.0910. The van der Waals surface area contributed by atoms with Gasteiger partial charge in [0.15, 0.2) is 11.5 Å². The number of nitrogens with zero attached hydrogens (tertiary/aromatic N) is 4. The van der Waals surface area contributed by atoms with Crippen LogP contribution in [0.2, 0.25) is 0 Å². The van der Waals surface area contributed by atoms with Crippen molar-refractivity contribution in [2.75, 3.05) is 5.32 Å². The Morgan fingerprint density at radius 2 is 1.73 bits per heavy atom. The van der Waals surface area contributed by atoms with Gasteiger partial charge in [-0.15, -0.1) is 10.2 Å². The summed E-state index contributed by atoms with van der Waals surface area (Å²) in [6.07, 6.45) is 3.66. The SMILES string of the molecule is Cc1ccc(-c2cccn3c(-c4cccnc4C)nnc23)cc1C(=O)Nc1ccc(F)cc1. The Morgan fingerprint density at radius 3 is 2.52 bits per heavy atom. The van der Waals surface area contributed by atoms with E-state index in [9.17, 15) is 9.18 Å². The maximum Gasteiger partial charge on any atom is 0.255 e. The standard InChI is InChI=1S/C26H20FN5O/c1-16-7-8-18(15-23(16)26(33)29-20-11-9-19(27)10-12-20)22-6-4-14-32-24(30-31-25(22)32)21-5-3-13-28-17(21)2/h3-15H,1-2H3,(H,29,33). The summed E-state index contributed by atoms with van der Waals surface area (Å²) >= 11 is 0. The first-order chi connectivity index (χ1) is 16.0. The zero-order valence-corrected chi connectivity index (χ0v) is 18.1. The first kappa shape index (κ1) is 20.5.